The molecule has 0 aromatic heterocycles. The van der Waals surface area contributed by atoms with E-state index in [1.165, 1.54) is 25.1 Å². The van der Waals surface area contributed by atoms with E-state index in [1.807, 2.05) is 0 Å². The van der Waals surface area contributed by atoms with Gasteiger partial charge >= 0.3 is 0 Å². The van der Waals surface area contributed by atoms with Gasteiger partial charge in [-0.3, -0.25) is 0 Å². The molecule has 156 valence electrons. The Morgan fingerprint density at radius 2 is 1.27 bits per heavy atom. The van der Waals surface area contributed by atoms with Crippen molar-refractivity contribution in [3.8, 4) is 22.3 Å². The van der Waals surface area contributed by atoms with Gasteiger partial charge in [-0.05, 0) is 42.4 Å². The largest absolute Gasteiger partial charge is 0.373 e. The van der Waals surface area contributed by atoms with Gasteiger partial charge in [-0.2, -0.15) is 0 Å². The summed E-state index contributed by atoms with van der Waals surface area (Å²) >= 11 is 0. The zero-order chi connectivity index (χ0) is 21.4. The third kappa shape index (κ3) is 3.74. The Morgan fingerprint density at radius 1 is 0.700 bits per heavy atom. The van der Waals surface area contributed by atoms with Crippen LogP contribution < -0.4 is 0 Å². The first-order chi connectivity index (χ1) is 14.4. The van der Waals surface area contributed by atoms with Crippen LogP contribution in [-0.2, 0) is 4.74 Å². The van der Waals surface area contributed by atoms with Gasteiger partial charge in [-0.25, -0.2) is 17.6 Å². The summed E-state index contributed by atoms with van der Waals surface area (Å²) in [4.78, 5) is 0. The standard InChI is InChI=1S/C25H22F4O/c1-14-3-12-21(30-13-14)20-11-10-19(24(28)25(20)29)17-7-5-16(6-8-17)18-9-4-15(2)22(26)23(18)27/h4-11,14,21H,3,12-13H2,1-2H3. The number of aryl methyl sites for hydroxylation is 1. The summed E-state index contributed by atoms with van der Waals surface area (Å²) in [7, 11) is 0. The highest BCUT2D eigenvalue weighted by Crippen LogP contribution is 2.36. The molecule has 0 aliphatic carbocycles. The Hall–Kier alpha value is -2.66. The molecule has 0 N–H and O–H groups in total. The van der Waals surface area contributed by atoms with E-state index >= 15 is 0 Å². The lowest BCUT2D eigenvalue weighted by Gasteiger charge is -2.27. The highest BCUT2D eigenvalue weighted by atomic mass is 19.2. The summed E-state index contributed by atoms with van der Waals surface area (Å²) in [5, 5.41) is 0. The molecule has 1 saturated heterocycles. The monoisotopic (exact) mass is 414 g/mol. The molecule has 4 rings (SSSR count). The number of benzene rings is 3. The van der Waals surface area contributed by atoms with Crippen molar-refractivity contribution in [2.45, 2.75) is 32.8 Å². The average molecular weight is 414 g/mol. The van der Waals surface area contributed by atoms with Gasteiger partial charge in [0.1, 0.15) is 0 Å². The highest BCUT2D eigenvalue weighted by Gasteiger charge is 2.25. The SMILES string of the molecule is Cc1ccc(-c2ccc(-c3ccc(C4CCC(C)CO4)c(F)c3F)cc2)c(F)c1F. The van der Waals surface area contributed by atoms with Crippen molar-refractivity contribution in [1.82, 2.24) is 0 Å². The van der Waals surface area contributed by atoms with Crippen molar-refractivity contribution in [3.63, 3.8) is 0 Å². The van der Waals surface area contributed by atoms with Crippen LogP contribution in [-0.4, -0.2) is 6.61 Å². The fourth-order valence-corrected chi connectivity index (χ4v) is 3.86. The summed E-state index contributed by atoms with van der Waals surface area (Å²) in [6, 6.07) is 12.4. The molecular formula is C25H22F4O. The van der Waals surface area contributed by atoms with E-state index < -0.39 is 29.4 Å². The molecule has 3 aromatic rings. The van der Waals surface area contributed by atoms with Gasteiger partial charge in [0, 0.05) is 23.3 Å². The molecule has 1 fully saturated rings. The van der Waals surface area contributed by atoms with Gasteiger partial charge in [0.05, 0.1) is 6.10 Å². The minimum Gasteiger partial charge on any atom is -0.373 e. The molecule has 2 unspecified atom stereocenters. The molecule has 0 bridgehead atoms. The van der Waals surface area contributed by atoms with Crippen LogP contribution in [0.1, 0.15) is 37.0 Å². The maximum absolute atomic E-state index is 14.8. The third-order valence-electron chi connectivity index (χ3n) is 5.74. The van der Waals surface area contributed by atoms with Crippen molar-refractivity contribution >= 4 is 0 Å². The molecular weight excluding hydrogens is 392 g/mol. The lowest BCUT2D eigenvalue weighted by molar-refractivity contribution is -0.0144. The van der Waals surface area contributed by atoms with Crippen molar-refractivity contribution in [1.29, 1.82) is 0 Å². The molecule has 5 heteroatoms. The Bertz CT molecular complexity index is 1070. The molecule has 1 aliphatic rings. The maximum Gasteiger partial charge on any atom is 0.167 e. The van der Waals surface area contributed by atoms with Crippen molar-refractivity contribution in [2.24, 2.45) is 5.92 Å². The second-order valence-corrected chi connectivity index (χ2v) is 7.97. The van der Waals surface area contributed by atoms with Crippen molar-refractivity contribution in [3.05, 3.63) is 82.9 Å². The molecule has 30 heavy (non-hydrogen) atoms. The Balaban J connectivity index is 1.63. The summed E-state index contributed by atoms with van der Waals surface area (Å²) in [6.45, 7) is 4.09. The van der Waals surface area contributed by atoms with Gasteiger partial charge in [-0.15, -0.1) is 0 Å². The maximum atomic E-state index is 14.8. The van der Waals surface area contributed by atoms with Crippen molar-refractivity contribution < 1.29 is 22.3 Å². The Morgan fingerprint density at radius 3 is 1.83 bits per heavy atom. The van der Waals surface area contributed by atoms with Gasteiger partial charge in [0.2, 0.25) is 0 Å². The van der Waals surface area contributed by atoms with Crippen LogP contribution in [0.25, 0.3) is 22.3 Å². The average Bonchev–Trinajstić information content (AvgIpc) is 2.75. The minimum absolute atomic E-state index is 0.113. The zero-order valence-electron chi connectivity index (χ0n) is 16.8. The highest BCUT2D eigenvalue weighted by molar-refractivity contribution is 5.71. The summed E-state index contributed by atoms with van der Waals surface area (Å²) in [6.07, 6.45) is 1.13. The Kier molecular flexibility index (Phi) is 5.65. The predicted molar refractivity (Wildman–Crippen MR) is 109 cm³/mol. The van der Waals surface area contributed by atoms with Gasteiger partial charge in [-0.1, -0.05) is 55.5 Å². The Labute approximate surface area is 173 Å². The van der Waals surface area contributed by atoms with E-state index in [1.54, 1.807) is 30.3 Å². The van der Waals surface area contributed by atoms with Crippen LogP contribution in [0.4, 0.5) is 17.6 Å². The molecule has 1 heterocycles. The topological polar surface area (TPSA) is 9.23 Å². The molecule has 3 aromatic carbocycles. The van der Waals surface area contributed by atoms with E-state index in [4.69, 9.17) is 4.74 Å². The second-order valence-electron chi connectivity index (χ2n) is 7.97. The van der Waals surface area contributed by atoms with Crippen LogP contribution in [0, 0.1) is 36.1 Å². The third-order valence-corrected chi connectivity index (χ3v) is 5.74. The van der Waals surface area contributed by atoms with Crippen LogP contribution in [0.5, 0.6) is 0 Å². The van der Waals surface area contributed by atoms with E-state index in [-0.39, 0.29) is 22.3 Å². The first-order valence-corrected chi connectivity index (χ1v) is 10.0. The summed E-state index contributed by atoms with van der Waals surface area (Å²) < 4.78 is 63.4. The predicted octanol–water partition coefficient (Wildman–Crippen LogP) is 7.37. The lowest BCUT2D eigenvalue weighted by atomic mass is 9.93. The van der Waals surface area contributed by atoms with Gasteiger partial charge in [0.15, 0.2) is 23.3 Å². The van der Waals surface area contributed by atoms with Crippen LogP contribution in [0.3, 0.4) is 0 Å². The molecule has 0 saturated carbocycles. The fourth-order valence-electron chi connectivity index (χ4n) is 3.86. The minimum atomic E-state index is -0.935. The molecule has 2 atom stereocenters. The second kappa shape index (κ2) is 8.23. The molecule has 0 amide bonds. The number of hydrogen-bond donors (Lipinski definition) is 0. The number of ether oxygens (including phenoxy) is 1. The van der Waals surface area contributed by atoms with E-state index in [2.05, 4.69) is 6.92 Å². The number of hydrogen-bond acceptors (Lipinski definition) is 1. The quantitative estimate of drug-likeness (QED) is 0.407. The van der Waals surface area contributed by atoms with Crippen LogP contribution in [0.2, 0.25) is 0 Å². The number of rotatable bonds is 3. The molecule has 0 spiro atoms. The summed E-state index contributed by atoms with van der Waals surface area (Å²) in [5.41, 5.74) is 1.60. The normalized spacial score (nSPS) is 19.1. The van der Waals surface area contributed by atoms with E-state index in [0.29, 0.717) is 30.1 Å². The van der Waals surface area contributed by atoms with Gasteiger partial charge in [0.25, 0.3) is 0 Å². The number of halogens is 4. The van der Waals surface area contributed by atoms with Crippen LogP contribution >= 0.6 is 0 Å². The zero-order valence-corrected chi connectivity index (χ0v) is 16.8. The molecule has 1 nitrogen and oxygen atoms in total. The lowest BCUT2D eigenvalue weighted by Crippen LogP contribution is -2.19. The molecule has 1 aliphatic heterocycles. The van der Waals surface area contributed by atoms with Gasteiger partial charge < -0.3 is 4.74 Å². The van der Waals surface area contributed by atoms with E-state index in [9.17, 15) is 17.6 Å². The van der Waals surface area contributed by atoms with Crippen molar-refractivity contribution in [2.75, 3.05) is 6.61 Å². The summed E-state index contributed by atoms with van der Waals surface area (Å²) in [5.74, 6) is -3.23. The first-order valence-electron chi connectivity index (χ1n) is 10.0. The fraction of sp³-hybridized carbons (Fsp3) is 0.280. The smallest absolute Gasteiger partial charge is 0.167 e. The first kappa shape index (κ1) is 20.6. The van der Waals surface area contributed by atoms with E-state index in [0.717, 1.165) is 6.42 Å². The van der Waals surface area contributed by atoms with Crippen LogP contribution in [0.15, 0.2) is 48.5 Å². The molecule has 0 radical (unpaired) electrons.